The number of hydrogen-bond donors (Lipinski definition) is 1. The van der Waals surface area contributed by atoms with Gasteiger partial charge in [0.25, 0.3) is 5.91 Å². The summed E-state index contributed by atoms with van der Waals surface area (Å²) in [4.78, 5) is 27.8. The van der Waals surface area contributed by atoms with Crippen molar-refractivity contribution in [3.05, 3.63) is 47.7 Å². The van der Waals surface area contributed by atoms with Gasteiger partial charge in [0.2, 0.25) is 5.91 Å². The summed E-state index contributed by atoms with van der Waals surface area (Å²) >= 11 is 0. The molecule has 3 rings (SSSR count). The van der Waals surface area contributed by atoms with E-state index in [1.165, 1.54) is 0 Å². The van der Waals surface area contributed by atoms with Gasteiger partial charge in [-0.15, -0.1) is 10.2 Å². The maximum atomic E-state index is 12.5. The molecule has 0 unspecified atom stereocenters. The van der Waals surface area contributed by atoms with E-state index < -0.39 is 0 Å². The molecule has 7 nitrogen and oxygen atoms in total. The number of carbonyl (C=O) groups is 2. The molecule has 7 heteroatoms. The lowest BCUT2D eigenvalue weighted by Crippen LogP contribution is -2.48. The molecule has 2 amide bonds. The minimum Gasteiger partial charge on any atom is -0.352 e. The van der Waals surface area contributed by atoms with Crippen LogP contribution in [0, 0.1) is 0 Å². The maximum Gasteiger partial charge on any atom is 0.276 e. The van der Waals surface area contributed by atoms with Crippen molar-refractivity contribution in [2.45, 2.75) is 26.7 Å². The Balaban J connectivity index is 1.65. The van der Waals surface area contributed by atoms with Gasteiger partial charge in [-0.25, -0.2) is 0 Å². The molecule has 1 aliphatic heterocycles. The average molecular weight is 367 g/mol. The Morgan fingerprint density at radius 3 is 2.30 bits per heavy atom. The van der Waals surface area contributed by atoms with Crippen molar-refractivity contribution in [1.29, 1.82) is 0 Å². The average Bonchev–Trinajstić information content (AvgIpc) is 2.68. The molecule has 0 radical (unpaired) electrons. The van der Waals surface area contributed by atoms with E-state index in [0.29, 0.717) is 32.1 Å². The third-order valence-corrected chi connectivity index (χ3v) is 4.76. The molecule has 1 aliphatic rings. The maximum absolute atomic E-state index is 12.5. The van der Waals surface area contributed by atoms with Crippen LogP contribution in [-0.4, -0.2) is 53.1 Å². The number of amides is 2. The molecule has 1 saturated heterocycles. The van der Waals surface area contributed by atoms with Gasteiger partial charge in [0, 0.05) is 38.8 Å². The molecule has 27 heavy (non-hydrogen) atoms. The number of para-hydroxylation sites is 1. The molecule has 0 saturated carbocycles. The summed E-state index contributed by atoms with van der Waals surface area (Å²) in [5, 5.41) is 11.2. The summed E-state index contributed by atoms with van der Waals surface area (Å²) < 4.78 is 0. The molecule has 0 bridgehead atoms. The Labute approximate surface area is 159 Å². The van der Waals surface area contributed by atoms with Crippen LogP contribution in [0.1, 0.15) is 42.7 Å². The number of piperazine rings is 1. The number of aromatic nitrogens is 2. The number of carbonyl (C=O) groups excluding carboxylic acids is 2. The number of anilines is 2. The standard InChI is InChI=1S/C20H25N5O2/c1-14(2)16-6-4-5-7-17(16)21-20(27)18-8-9-19(23-22-18)25-12-10-24(11-13-25)15(3)26/h4-9,14H,10-13H2,1-3H3,(H,21,27). The molecule has 2 aromatic rings. The van der Waals surface area contributed by atoms with E-state index in [1.807, 2.05) is 29.2 Å². The van der Waals surface area contributed by atoms with Gasteiger partial charge in [0.05, 0.1) is 0 Å². The zero-order chi connectivity index (χ0) is 19.4. The molecular weight excluding hydrogens is 342 g/mol. The fourth-order valence-corrected chi connectivity index (χ4v) is 3.17. The van der Waals surface area contributed by atoms with Crippen molar-refractivity contribution < 1.29 is 9.59 Å². The van der Waals surface area contributed by atoms with E-state index in [1.54, 1.807) is 19.1 Å². The van der Waals surface area contributed by atoms with E-state index in [4.69, 9.17) is 0 Å². The van der Waals surface area contributed by atoms with Crippen molar-refractivity contribution in [1.82, 2.24) is 15.1 Å². The van der Waals surface area contributed by atoms with Crippen molar-refractivity contribution >= 4 is 23.3 Å². The molecule has 1 aromatic carbocycles. The lowest BCUT2D eigenvalue weighted by Gasteiger charge is -2.34. The van der Waals surface area contributed by atoms with Crippen molar-refractivity contribution in [2.75, 3.05) is 36.4 Å². The monoisotopic (exact) mass is 367 g/mol. The van der Waals surface area contributed by atoms with Crippen LogP contribution in [0.25, 0.3) is 0 Å². The molecule has 2 heterocycles. The third kappa shape index (κ3) is 4.42. The zero-order valence-electron chi connectivity index (χ0n) is 16.0. The van der Waals surface area contributed by atoms with Gasteiger partial charge >= 0.3 is 0 Å². The Bertz CT molecular complexity index is 811. The Kier molecular flexibility index (Phi) is 5.69. The topological polar surface area (TPSA) is 78.4 Å². The van der Waals surface area contributed by atoms with Crippen LogP contribution < -0.4 is 10.2 Å². The fraction of sp³-hybridized carbons (Fsp3) is 0.400. The van der Waals surface area contributed by atoms with E-state index in [0.717, 1.165) is 17.1 Å². The molecule has 0 spiro atoms. The first-order valence-electron chi connectivity index (χ1n) is 9.20. The van der Waals surface area contributed by atoms with Gasteiger partial charge in [-0.05, 0) is 29.7 Å². The molecular formula is C20H25N5O2. The van der Waals surface area contributed by atoms with Crippen LogP contribution in [0.5, 0.6) is 0 Å². The number of benzene rings is 1. The van der Waals surface area contributed by atoms with Gasteiger partial charge in [-0.1, -0.05) is 32.0 Å². The van der Waals surface area contributed by atoms with Crippen molar-refractivity contribution in [3.63, 3.8) is 0 Å². The lowest BCUT2D eigenvalue weighted by molar-refractivity contribution is -0.129. The normalized spacial score (nSPS) is 14.4. The molecule has 1 aromatic heterocycles. The van der Waals surface area contributed by atoms with Crippen LogP contribution in [-0.2, 0) is 4.79 Å². The van der Waals surface area contributed by atoms with E-state index in [-0.39, 0.29) is 17.5 Å². The SMILES string of the molecule is CC(=O)N1CCN(c2ccc(C(=O)Nc3ccccc3C(C)C)nn2)CC1. The van der Waals surface area contributed by atoms with Gasteiger partial charge in [-0.2, -0.15) is 0 Å². The first kappa shape index (κ1) is 18.8. The summed E-state index contributed by atoms with van der Waals surface area (Å²) in [6.07, 6.45) is 0. The lowest BCUT2D eigenvalue weighted by atomic mass is 10.0. The molecule has 0 atom stereocenters. The Hall–Kier alpha value is -2.96. The molecule has 142 valence electrons. The van der Waals surface area contributed by atoms with Crippen LogP contribution in [0.2, 0.25) is 0 Å². The van der Waals surface area contributed by atoms with Gasteiger partial charge < -0.3 is 15.1 Å². The van der Waals surface area contributed by atoms with Crippen LogP contribution >= 0.6 is 0 Å². The van der Waals surface area contributed by atoms with E-state index >= 15 is 0 Å². The van der Waals surface area contributed by atoms with Crippen LogP contribution in [0.3, 0.4) is 0 Å². The summed E-state index contributed by atoms with van der Waals surface area (Å²) in [7, 11) is 0. The molecule has 0 aliphatic carbocycles. The summed E-state index contributed by atoms with van der Waals surface area (Å²) in [5.74, 6) is 0.846. The largest absolute Gasteiger partial charge is 0.352 e. The van der Waals surface area contributed by atoms with Gasteiger partial charge in [0.15, 0.2) is 11.5 Å². The number of hydrogen-bond acceptors (Lipinski definition) is 5. The Morgan fingerprint density at radius 1 is 1.00 bits per heavy atom. The smallest absolute Gasteiger partial charge is 0.276 e. The van der Waals surface area contributed by atoms with E-state index in [9.17, 15) is 9.59 Å². The second kappa shape index (κ2) is 8.16. The Morgan fingerprint density at radius 2 is 1.70 bits per heavy atom. The van der Waals surface area contributed by atoms with Crippen LogP contribution in [0.15, 0.2) is 36.4 Å². The summed E-state index contributed by atoms with van der Waals surface area (Å²) in [5.41, 5.74) is 2.15. The highest BCUT2D eigenvalue weighted by Crippen LogP contribution is 2.24. The highest BCUT2D eigenvalue weighted by molar-refractivity contribution is 6.03. The quantitative estimate of drug-likeness (QED) is 0.898. The van der Waals surface area contributed by atoms with Gasteiger partial charge in [0.1, 0.15) is 0 Å². The van der Waals surface area contributed by atoms with Crippen molar-refractivity contribution in [3.8, 4) is 0 Å². The second-order valence-corrected chi connectivity index (χ2v) is 6.97. The van der Waals surface area contributed by atoms with Crippen molar-refractivity contribution in [2.24, 2.45) is 0 Å². The zero-order valence-corrected chi connectivity index (χ0v) is 16.0. The first-order chi connectivity index (χ1) is 13.0. The fourth-order valence-electron chi connectivity index (χ4n) is 3.17. The highest BCUT2D eigenvalue weighted by atomic mass is 16.2. The predicted octanol–water partition coefficient (Wildman–Crippen LogP) is 2.52. The molecule has 1 N–H and O–H groups in total. The van der Waals surface area contributed by atoms with E-state index in [2.05, 4.69) is 34.3 Å². The minimum atomic E-state index is -0.274. The first-order valence-corrected chi connectivity index (χ1v) is 9.20. The summed E-state index contributed by atoms with van der Waals surface area (Å²) in [6.45, 7) is 8.52. The van der Waals surface area contributed by atoms with Crippen LogP contribution in [0.4, 0.5) is 11.5 Å². The summed E-state index contributed by atoms with van der Waals surface area (Å²) in [6, 6.07) is 11.3. The number of rotatable bonds is 4. The second-order valence-electron chi connectivity index (χ2n) is 6.97. The minimum absolute atomic E-state index is 0.0921. The number of nitrogens with one attached hydrogen (secondary N) is 1. The van der Waals surface area contributed by atoms with Gasteiger partial charge in [-0.3, -0.25) is 9.59 Å². The predicted molar refractivity (Wildman–Crippen MR) is 105 cm³/mol. The molecule has 1 fully saturated rings. The third-order valence-electron chi connectivity index (χ3n) is 4.76. The highest BCUT2D eigenvalue weighted by Gasteiger charge is 2.20. The number of nitrogens with zero attached hydrogens (tertiary/aromatic N) is 4.